The summed E-state index contributed by atoms with van der Waals surface area (Å²) in [4.78, 5) is 2.13. The van der Waals surface area contributed by atoms with E-state index in [1.807, 2.05) is 4.68 Å². The molecule has 1 heterocycles. The van der Waals surface area contributed by atoms with Gasteiger partial charge in [0.1, 0.15) is 0 Å². The van der Waals surface area contributed by atoms with E-state index in [1.165, 1.54) is 5.57 Å². The van der Waals surface area contributed by atoms with Crippen molar-refractivity contribution in [3.05, 3.63) is 23.0 Å². The van der Waals surface area contributed by atoms with Gasteiger partial charge >= 0.3 is 0 Å². The molecule has 5 heteroatoms. The standard InChI is InChI=1S/C12H17Cl2N3/c1-16(2)5-6-17-12(11(14)8-15-17)9-3-4-10(13)7-9/h7-8,10H,3-6H2,1-2H3. The van der Waals surface area contributed by atoms with Gasteiger partial charge in [0.2, 0.25) is 0 Å². The smallest absolute Gasteiger partial charge is 0.0862 e. The number of hydrogen-bond donors (Lipinski definition) is 0. The molecule has 1 aromatic rings. The summed E-state index contributed by atoms with van der Waals surface area (Å²) < 4.78 is 1.98. The predicted octanol–water partition coefficient (Wildman–Crippen LogP) is 2.88. The Balaban J connectivity index is 2.20. The summed E-state index contributed by atoms with van der Waals surface area (Å²) in [7, 11) is 4.10. The Kier molecular flexibility index (Phi) is 4.13. The van der Waals surface area contributed by atoms with E-state index < -0.39 is 0 Å². The van der Waals surface area contributed by atoms with Gasteiger partial charge in [-0.05, 0) is 32.5 Å². The molecular formula is C12H17Cl2N3. The normalized spacial score (nSPS) is 20.1. The number of hydrogen-bond acceptors (Lipinski definition) is 2. The van der Waals surface area contributed by atoms with E-state index in [1.54, 1.807) is 6.20 Å². The van der Waals surface area contributed by atoms with E-state index in [2.05, 4.69) is 30.2 Å². The molecule has 1 atom stereocenters. The van der Waals surface area contributed by atoms with Gasteiger partial charge in [-0.3, -0.25) is 4.68 Å². The molecule has 1 aliphatic carbocycles. The second-order valence-electron chi connectivity index (χ2n) is 4.61. The van der Waals surface area contributed by atoms with Crippen molar-refractivity contribution in [2.24, 2.45) is 0 Å². The fourth-order valence-electron chi connectivity index (χ4n) is 2.02. The lowest BCUT2D eigenvalue weighted by atomic mass is 10.1. The zero-order chi connectivity index (χ0) is 12.4. The van der Waals surface area contributed by atoms with Gasteiger partial charge in [0, 0.05) is 6.54 Å². The molecule has 1 aromatic heterocycles. The van der Waals surface area contributed by atoms with Crippen LogP contribution in [0.15, 0.2) is 12.3 Å². The fourth-order valence-corrected chi connectivity index (χ4v) is 2.55. The third-order valence-corrected chi connectivity index (χ3v) is 3.55. The van der Waals surface area contributed by atoms with Gasteiger partial charge in [-0.25, -0.2) is 0 Å². The third kappa shape index (κ3) is 3.03. The van der Waals surface area contributed by atoms with Gasteiger partial charge in [0.25, 0.3) is 0 Å². The Hall–Kier alpha value is -0.510. The van der Waals surface area contributed by atoms with Gasteiger partial charge in [-0.15, -0.1) is 11.6 Å². The van der Waals surface area contributed by atoms with Crippen LogP contribution in [0.3, 0.4) is 0 Å². The maximum Gasteiger partial charge on any atom is 0.0862 e. The van der Waals surface area contributed by atoms with Crippen LogP contribution in [-0.2, 0) is 6.54 Å². The highest BCUT2D eigenvalue weighted by Crippen LogP contribution is 2.34. The van der Waals surface area contributed by atoms with Gasteiger partial charge in [0.05, 0.1) is 28.8 Å². The summed E-state index contributed by atoms with van der Waals surface area (Å²) in [6.07, 6.45) is 5.79. The zero-order valence-electron chi connectivity index (χ0n) is 10.2. The van der Waals surface area contributed by atoms with E-state index in [0.29, 0.717) is 0 Å². The van der Waals surface area contributed by atoms with Crippen molar-refractivity contribution in [1.82, 2.24) is 14.7 Å². The minimum atomic E-state index is 0.137. The summed E-state index contributed by atoms with van der Waals surface area (Å²) >= 11 is 12.3. The van der Waals surface area contributed by atoms with Crippen molar-refractivity contribution in [3.63, 3.8) is 0 Å². The molecule has 0 N–H and O–H groups in total. The van der Waals surface area contributed by atoms with Crippen LogP contribution >= 0.6 is 23.2 Å². The van der Waals surface area contributed by atoms with Crippen molar-refractivity contribution < 1.29 is 0 Å². The Bertz CT molecular complexity index is 423. The Morgan fingerprint density at radius 1 is 1.53 bits per heavy atom. The molecule has 1 unspecified atom stereocenters. The molecule has 0 radical (unpaired) electrons. The van der Waals surface area contributed by atoms with Crippen LogP contribution in [0.5, 0.6) is 0 Å². The molecule has 0 fully saturated rings. The van der Waals surface area contributed by atoms with E-state index in [4.69, 9.17) is 23.2 Å². The quantitative estimate of drug-likeness (QED) is 0.787. The SMILES string of the molecule is CN(C)CCn1ncc(Cl)c1C1=CC(Cl)CC1. The number of halogens is 2. The predicted molar refractivity (Wildman–Crippen MR) is 72.6 cm³/mol. The lowest BCUT2D eigenvalue weighted by molar-refractivity contribution is 0.372. The number of rotatable bonds is 4. The Morgan fingerprint density at radius 2 is 2.29 bits per heavy atom. The molecule has 0 aliphatic heterocycles. The van der Waals surface area contributed by atoms with Crippen molar-refractivity contribution in [1.29, 1.82) is 0 Å². The average molecular weight is 274 g/mol. The summed E-state index contributed by atoms with van der Waals surface area (Å²) in [5, 5.41) is 5.19. The maximum atomic E-state index is 6.21. The first-order valence-corrected chi connectivity index (χ1v) is 6.60. The number of nitrogens with zero attached hydrogens (tertiary/aromatic N) is 3. The highest BCUT2D eigenvalue weighted by atomic mass is 35.5. The van der Waals surface area contributed by atoms with Crippen molar-refractivity contribution in [3.8, 4) is 0 Å². The first kappa shape index (κ1) is 12.9. The van der Waals surface area contributed by atoms with Crippen molar-refractivity contribution in [2.45, 2.75) is 24.8 Å². The first-order valence-electron chi connectivity index (χ1n) is 5.79. The maximum absolute atomic E-state index is 6.21. The number of allylic oxidation sites excluding steroid dienone is 2. The summed E-state index contributed by atoms with van der Waals surface area (Å²) in [5.74, 6) is 0. The fraction of sp³-hybridized carbons (Fsp3) is 0.583. The average Bonchev–Trinajstić information content (AvgIpc) is 2.82. The minimum Gasteiger partial charge on any atom is -0.308 e. The van der Waals surface area contributed by atoms with Gasteiger partial charge in [-0.2, -0.15) is 5.10 Å². The molecule has 0 aromatic carbocycles. The molecular weight excluding hydrogens is 257 g/mol. The summed E-state index contributed by atoms with van der Waals surface area (Å²) in [6.45, 7) is 1.79. The lowest BCUT2D eigenvalue weighted by Crippen LogP contribution is -2.20. The number of alkyl halides is 1. The van der Waals surface area contributed by atoms with Gasteiger partial charge in [0.15, 0.2) is 0 Å². The van der Waals surface area contributed by atoms with Crippen LogP contribution in [-0.4, -0.2) is 40.7 Å². The highest BCUT2D eigenvalue weighted by Gasteiger charge is 2.20. The molecule has 94 valence electrons. The minimum absolute atomic E-state index is 0.137. The molecule has 0 bridgehead atoms. The van der Waals surface area contributed by atoms with E-state index >= 15 is 0 Å². The molecule has 1 aliphatic rings. The van der Waals surface area contributed by atoms with Crippen molar-refractivity contribution >= 4 is 28.8 Å². The van der Waals surface area contributed by atoms with Crippen LogP contribution < -0.4 is 0 Å². The van der Waals surface area contributed by atoms with E-state index in [0.717, 1.165) is 36.6 Å². The van der Waals surface area contributed by atoms with Crippen LogP contribution in [0, 0.1) is 0 Å². The highest BCUT2D eigenvalue weighted by molar-refractivity contribution is 6.32. The second kappa shape index (κ2) is 5.42. The first-order chi connectivity index (χ1) is 8.08. The number of aromatic nitrogens is 2. The number of likely N-dealkylation sites (N-methyl/N-ethyl adjacent to an activating group) is 1. The van der Waals surface area contributed by atoms with E-state index in [9.17, 15) is 0 Å². The van der Waals surface area contributed by atoms with Gasteiger partial charge < -0.3 is 4.90 Å². The van der Waals surface area contributed by atoms with Gasteiger partial charge in [-0.1, -0.05) is 17.7 Å². The lowest BCUT2D eigenvalue weighted by Gasteiger charge is -2.12. The monoisotopic (exact) mass is 273 g/mol. The second-order valence-corrected chi connectivity index (χ2v) is 5.58. The molecule has 2 rings (SSSR count). The molecule has 3 nitrogen and oxygen atoms in total. The molecule has 17 heavy (non-hydrogen) atoms. The summed E-state index contributed by atoms with van der Waals surface area (Å²) in [6, 6.07) is 0. The Labute approximate surface area is 112 Å². The third-order valence-electron chi connectivity index (χ3n) is 2.93. The molecule has 0 saturated heterocycles. The largest absolute Gasteiger partial charge is 0.308 e. The van der Waals surface area contributed by atoms with E-state index in [-0.39, 0.29) is 5.38 Å². The summed E-state index contributed by atoms with van der Waals surface area (Å²) in [5.41, 5.74) is 2.27. The molecule has 0 amide bonds. The van der Waals surface area contributed by atoms with Crippen LogP contribution in [0.2, 0.25) is 5.02 Å². The Morgan fingerprint density at radius 3 is 2.88 bits per heavy atom. The van der Waals surface area contributed by atoms with Crippen LogP contribution in [0.4, 0.5) is 0 Å². The van der Waals surface area contributed by atoms with Crippen LogP contribution in [0.1, 0.15) is 18.5 Å². The zero-order valence-corrected chi connectivity index (χ0v) is 11.7. The molecule has 0 spiro atoms. The topological polar surface area (TPSA) is 21.1 Å². The van der Waals surface area contributed by atoms with Crippen LogP contribution in [0.25, 0.3) is 5.57 Å². The molecule has 0 saturated carbocycles. The van der Waals surface area contributed by atoms with Crippen molar-refractivity contribution in [2.75, 3.05) is 20.6 Å².